The number of aromatic carboxylic acids is 1. The number of amides is 2. The van der Waals surface area contributed by atoms with Crippen LogP contribution in [0.2, 0.25) is 0 Å². The quantitative estimate of drug-likeness (QED) is 0.741. The van der Waals surface area contributed by atoms with Crippen molar-refractivity contribution >= 4 is 17.7 Å². The van der Waals surface area contributed by atoms with Gasteiger partial charge in [-0.25, -0.2) is 9.59 Å². The molecule has 1 aliphatic rings. The molecular formula is C15H18N2O3. The Hall–Kier alpha value is -2.30. The Labute approximate surface area is 117 Å². The zero-order valence-electron chi connectivity index (χ0n) is 11.3. The first-order chi connectivity index (χ1) is 9.56. The second-order valence-corrected chi connectivity index (χ2v) is 4.91. The predicted octanol–water partition coefficient (Wildman–Crippen LogP) is 2.92. The summed E-state index contributed by atoms with van der Waals surface area (Å²) in [5.41, 5.74) is 1.56. The van der Waals surface area contributed by atoms with Crippen LogP contribution in [-0.4, -0.2) is 23.1 Å². The van der Waals surface area contributed by atoms with Gasteiger partial charge in [0.1, 0.15) is 0 Å². The third kappa shape index (κ3) is 3.60. The molecule has 0 aromatic heterocycles. The molecule has 2 amide bonds. The number of rotatable bonds is 3. The van der Waals surface area contributed by atoms with E-state index in [1.165, 1.54) is 6.07 Å². The van der Waals surface area contributed by atoms with E-state index in [0.717, 1.165) is 24.8 Å². The van der Waals surface area contributed by atoms with Crippen LogP contribution >= 0.6 is 0 Å². The molecule has 1 aromatic rings. The van der Waals surface area contributed by atoms with E-state index in [-0.39, 0.29) is 17.6 Å². The highest BCUT2D eigenvalue weighted by atomic mass is 16.4. The number of nitrogens with one attached hydrogen (secondary N) is 2. The molecule has 0 radical (unpaired) electrons. The molecule has 0 fully saturated rings. The first-order valence-corrected chi connectivity index (χ1v) is 6.62. The summed E-state index contributed by atoms with van der Waals surface area (Å²) in [4.78, 5) is 22.7. The summed E-state index contributed by atoms with van der Waals surface area (Å²) in [5.74, 6) is -0.974. The Bertz CT molecular complexity index is 552. The number of hydrogen-bond donors (Lipinski definition) is 3. The minimum Gasteiger partial charge on any atom is -0.478 e. The lowest BCUT2D eigenvalue weighted by atomic mass is 10.0. The summed E-state index contributed by atoms with van der Waals surface area (Å²) in [6.07, 6.45) is 6.97. The van der Waals surface area contributed by atoms with Gasteiger partial charge in [0.25, 0.3) is 0 Å². The topological polar surface area (TPSA) is 78.4 Å². The van der Waals surface area contributed by atoms with E-state index in [4.69, 9.17) is 5.11 Å². The van der Waals surface area contributed by atoms with Gasteiger partial charge in [0.15, 0.2) is 0 Å². The maximum Gasteiger partial charge on any atom is 0.335 e. The van der Waals surface area contributed by atoms with Crippen molar-refractivity contribution < 1.29 is 14.7 Å². The molecule has 5 heteroatoms. The van der Waals surface area contributed by atoms with Gasteiger partial charge in [0, 0.05) is 11.7 Å². The molecular weight excluding hydrogens is 256 g/mol. The predicted molar refractivity (Wildman–Crippen MR) is 77.1 cm³/mol. The molecule has 3 N–H and O–H groups in total. The number of carbonyl (C=O) groups is 2. The maximum absolute atomic E-state index is 11.9. The van der Waals surface area contributed by atoms with Crippen molar-refractivity contribution in [1.29, 1.82) is 0 Å². The summed E-state index contributed by atoms with van der Waals surface area (Å²) < 4.78 is 0. The van der Waals surface area contributed by atoms with Crippen molar-refractivity contribution in [3.8, 4) is 0 Å². The van der Waals surface area contributed by atoms with Gasteiger partial charge < -0.3 is 15.7 Å². The van der Waals surface area contributed by atoms with Crippen LogP contribution in [0, 0.1) is 6.92 Å². The molecule has 0 saturated carbocycles. The average molecular weight is 274 g/mol. The summed E-state index contributed by atoms with van der Waals surface area (Å²) in [6, 6.07) is 4.55. The van der Waals surface area contributed by atoms with E-state index < -0.39 is 5.97 Å². The van der Waals surface area contributed by atoms with Crippen molar-refractivity contribution in [3.05, 3.63) is 41.5 Å². The summed E-state index contributed by atoms with van der Waals surface area (Å²) in [5, 5.41) is 14.6. The highest BCUT2D eigenvalue weighted by Gasteiger charge is 2.13. The molecule has 20 heavy (non-hydrogen) atoms. The minimum absolute atomic E-state index is 0.165. The minimum atomic E-state index is -0.974. The SMILES string of the molecule is Cc1cc(C(=O)O)ccc1NC(=O)NC1CC=CCC1. The number of urea groups is 1. The first-order valence-electron chi connectivity index (χ1n) is 6.62. The molecule has 0 heterocycles. The fourth-order valence-corrected chi connectivity index (χ4v) is 2.21. The van der Waals surface area contributed by atoms with E-state index in [1.807, 2.05) is 0 Å². The molecule has 2 rings (SSSR count). The Kier molecular flexibility index (Phi) is 4.40. The van der Waals surface area contributed by atoms with E-state index in [1.54, 1.807) is 19.1 Å². The summed E-state index contributed by atoms with van der Waals surface area (Å²) in [7, 11) is 0. The molecule has 0 aliphatic heterocycles. The van der Waals surface area contributed by atoms with E-state index in [0.29, 0.717) is 5.69 Å². The van der Waals surface area contributed by atoms with Crippen molar-refractivity contribution in [3.63, 3.8) is 0 Å². The van der Waals surface area contributed by atoms with Crippen LogP contribution in [-0.2, 0) is 0 Å². The first kappa shape index (κ1) is 14.1. The number of carboxylic acid groups (broad SMARTS) is 1. The number of carbonyl (C=O) groups excluding carboxylic acids is 1. The van der Waals surface area contributed by atoms with Crippen LogP contribution in [0.25, 0.3) is 0 Å². The van der Waals surface area contributed by atoms with Crippen molar-refractivity contribution in [2.75, 3.05) is 5.32 Å². The molecule has 5 nitrogen and oxygen atoms in total. The molecule has 1 aliphatic carbocycles. The number of allylic oxidation sites excluding steroid dienone is 1. The smallest absolute Gasteiger partial charge is 0.335 e. The molecule has 106 valence electrons. The maximum atomic E-state index is 11.9. The highest BCUT2D eigenvalue weighted by molar-refractivity contribution is 5.92. The second-order valence-electron chi connectivity index (χ2n) is 4.91. The van der Waals surface area contributed by atoms with Crippen LogP contribution in [0.5, 0.6) is 0 Å². The average Bonchev–Trinajstić information content (AvgIpc) is 2.42. The van der Waals surface area contributed by atoms with Gasteiger partial charge in [-0.05, 0) is 49.9 Å². The van der Waals surface area contributed by atoms with E-state index in [2.05, 4.69) is 22.8 Å². The number of hydrogen-bond acceptors (Lipinski definition) is 2. The Morgan fingerprint density at radius 2 is 2.10 bits per heavy atom. The van der Waals surface area contributed by atoms with Gasteiger partial charge in [-0.3, -0.25) is 0 Å². The summed E-state index contributed by atoms with van der Waals surface area (Å²) in [6.45, 7) is 1.77. The molecule has 0 saturated heterocycles. The van der Waals surface area contributed by atoms with Gasteiger partial charge >= 0.3 is 12.0 Å². The number of benzene rings is 1. The lowest BCUT2D eigenvalue weighted by Crippen LogP contribution is -2.38. The van der Waals surface area contributed by atoms with Crippen LogP contribution in [0.4, 0.5) is 10.5 Å². The lowest BCUT2D eigenvalue weighted by Gasteiger charge is -2.20. The summed E-state index contributed by atoms with van der Waals surface area (Å²) >= 11 is 0. The highest BCUT2D eigenvalue weighted by Crippen LogP contribution is 2.17. The number of carboxylic acids is 1. The third-order valence-electron chi connectivity index (χ3n) is 3.33. The van der Waals surface area contributed by atoms with Crippen molar-refractivity contribution in [2.45, 2.75) is 32.2 Å². The normalized spacial score (nSPS) is 17.6. The van der Waals surface area contributed by atoms with Gasteiger partial charge in [-0.15, -0.1) is 0 Å². The van der Waals surface area contributed by atoms with Gasteiger partial charge in [0.2, 0.25) is 0 Å². The Morgan fingerprint density at radius 1 is 1.30 bits per heavy atom. The third-order valence-corrected chi connectivity index (χ3v) is 3.33. The largest absolute Gasteiger partial charge is 0.478 e. The number of anilines is 1. The monoisotopic (exact) mass is 274 g/mol. The fraction of sp³-hybridized carbons (Fsp3) is 0.333. The molecule has 0 bridgehead atoms. The van der Waals surface area contributed by atoms with Crippen molar-refractivity contribution in [2.24, 2.45) is 0 Å². The molecule has 0 spiro atoms. The van der Waals surface area contributed by atoms with Gasteiger partial charge in [-0.2, -0.15) is 0 Å². The molecule has 1 aromatic carbocycles. The van der Waals surface area contributed by atoms with Crippen LogP contribution in [0.1, 0.15) is 35.2 Å². The zero-order valence-corrected chi connectivity index (χ0v) is 11.3. The standard InChI is InChI=1S/C15H18N2O3/c1-10-9-11(14(18)19)7-8-13(10)17-15(20)16-12-5-3-2-4-6-12/h2-3,7-9,12H,4-6H2,1H3,(H,18,19)(H2,16,17,20). The van der Waals surface area contributed by atoms with E-state index >= 15 is 0 Å². The van der Waals surface area contributed by atoms with Crippen LogP contribution in [0.3, 0.4) is 0 Å². The second kappa shape index (κ2) is 6.23. The van der Waals surface area contributed by atoms with Crippen molar-refractivity contribution in [1.82, 2.24) is 5.32 Å². The van der Waals surface area contributed by atoms with Crippen LogP contribution < -0.4 is 10.6 Å². The van der Waals surface area contributed by atoms with Crippen LogP contribution in [0.15, 0.2) is 30.4 Å². The van der Waals surface area contributed by atoms with Gasteiger partial charge in [-0.1, -0.05) is 12.2 Å². The Balaban J connectivity index is 1.97. The lowest BCUT2D eigenvalue weighted by molar-refractivity contribution is 0.0697. The zero-order chi connectivity index (χ0) is 14.5. The van der Waals surface area contributed by atoms with Gasteiger partial charge in [0.05, 0.1) is 5.56 Å². The fourth-order valence-electron chi connectivity index (χ4n) is 2.21. The van der Waals surface area contributed by atoms with E-state index in [9.17, 15) is 9.59 Å². The molecule has 1 atom stereocenters. The Morgan fingerprint density at radius 3 is 2.70 bits per heavy atom. The number of aryl methyl sites for hydroxylation is 1. The molecule has 1 unspecified atom stereocenters.